The molecule has 0 bridgehead atoms. The van der Waals surface area contributed by atoms with Gasteiger partial charge in [0.25, 0.3) is 0 Å². The molecule has 0 spiro atoms. The van der Waals surface area contributed by atoms with Crippen molar-refractivity contribution in [3.8, 4) is 61.8 Å². The molecule has 0 saturated heterocycles. The van der Waals surface area contributed by atoms with Gasteiger partial charge in [0, 0.05) is 50.2 Å². The molecular weight excluding hydrogens is 789 g/mol. The van der Waals surface area contributed by atoms with Gasteiger partial charge in [-0.2, -0.15) is 0 Å². The molecule has 0 amide bonds. The first kappa shape index (κ1) is 39.5. The SMILES string of the molecule is Cc1ccc(N(c2ccc(C)cc2)c2ccc3c(c2)c2ccccc2n3-c2ccc(-c3ccc(-c4ccc(-c5cc(-c6ccccc6)nc(-c6ccccc6)n5)cc4)c(C)c3)cc2)cc1. The van der Waals surface area contributed by atoms with Crippen molar-refractivity contribution in [2.75, 3.05) is 4.90 Å². The maximum atomic E-state index is 5.04. The van der Waals surface area contributed by atoms with Crippen LogP contribution in [0.4, 0.5) is 17.1 Å². The maximum absolute atomic E-state index is 5.04. The van der Waals surface area contributed by atoms with Crippen molar-refractivity contribution in [2.24, 2.45) is 0 Å². The molecule has 0 aliphatic carbocycles. The van der Waals surface area contributed by atoms with Crippen molar-refractivity contribution in [3.63, 3.8) is 0 Å². The molecule has 4 nitrogen and oxygen atoms in total. The average molecular weight is 835 g/mol. The monoisotopic (exact) mass is 834 g/mol. The van der Waals surface area contributed by atoms with Crippen LogP contribution >= 0.6 is 0 Å². The maximum Gasteiger partial charge on any atom is 0.160 e. The van der Waals surface area contributed by atoms with E-state index in [1.807, 2.05) is 36.4 Å². The number of para-hydroxylation sites is 1. The normalized spacial score (nSPS) is 11.3. The molecule has 0 radical (unpaired) electrons. The number of nitrogens with zero attached hydrogens (tertiary/aromatic N) is 4. The summed E-state index contributed by atoms with van der Waals surface area (Å²) < 4.78 is 2.39. The highest BCUT2D eigenvalue weighted by atomic mass is 15.1. The van der Waals surface area contributed by atoms with Gasteiger partial charge in [-0.1, -0.05) is 169 Å². The van der Waals surface area contributed by atoms with Crippen LogP contribution in [-0.2, 0) is 0 Å². The smallest absolute Gasteiger partial charge is 0.160 e. The number of aromatic nitrogens is 3. The van der Waals surface area contributed by atoms with Crippen LogP contribution in [0.2, 0.25) is 0 Å². The number of anilines is 3. The van der Waals surface area contributed by atoms with Crippen molar-refractivity contribution >= 4 is 38.9 Å². The summed E-state index contributed by atoms with van der Waals surface area (Å²) in [6.07, 6.45) is 0. The molecule has 0 unspecified atom stereocenters. The van der Waals surface area contributed by atoms with Gasteiger partial charge in [0.05, 0.1) is 22.4 Å². The van der Waals surface area contributed by atoms with Gasteiger partial charge in [0.1, 0.15) is 0 Å². The summed E-state index contributed by atoms with van der Waals surface area (Å²) in [5.74, 6) is 0.717. The van der Waals surface area contributed by atoms with Crippen LogP contribution in [0.5, 0.6) is 0 Å². The number of hydrogen-bond acceptors (Lipinski definition) is 3. The zero-order chi connectivity index (χ0) is 43.9. The third-order valence-corrected chi connectivity index (χ3v) is 12.5. The average Bonchev–Trinajstić information content (AvgIpc) is 3.69. The number of aryl methyl sites for hydroxylation is 3. The minimum atomic E-state index is 0.717. The lowest BCUT2D eigenvalue weighted by Crippen LogP contribution is -2.09. The minimum Gasteiger partial charge on any atom is -0.310 e. The lowest BCUT2D eigenvalue weighted by atomic mass is 9.94. The van der Waals surface area contributed by atoms with Crippen LogP contribution in [0.25, 0.3) is 83.6 Å². The van der Waals surface area contributed by atoms with Gasteiger partial charge in [-0.05, 0) is 115 Å². The molecule has 0 aliphatic rings. The first-order valence-electron chi connectivity index (χ1n) is 22.2. The largest absolute Gasteiger partial charge is 0.310 e. The second-order valence-corrected chi connectivity index (χ2v) is 16.9. The molecule has 2 heterocycles. The first-order valence-corrected chi connectivity index (χ1v) is 22.2. The van der Waals surface area contributed by atoms with E-state index in [4.69, 9.17) is 9.97 Å². The third kappa shape index (κ3) is 7.66. The highest BCUT2D eigenvalue weighted by Gasteiger charge is 2.18. The van der Waals surface area contributed by atoms with Crippen molar-refractivity contribution in [3.05, 3.63) is 241 Å². The van der Waals surface area contributed by atoms with Gasteiger partial charge in [-0.3, -0.25) is 0 Å². The first-order chi connectivity index (χ1) is 31.9. The van der Waals surface area contributed by atoms with E-state index in [0.717, 1.165) is 50.8 Å². The molecule has 4 heteroatoms. The van der Waals surface area contributed by atoms with Crippen LogP contribution in [0.15, 0.2) is 224 Å². The summed E-state index contributed by atoms with van der Waals surface area (Å²) in [7, 11) is 0. The fourth-order valence-electron chi connectivity index (χ4n) is 9.07. The summed E-state index contributed by atoms with van der Waals surface area (Å²) in [6, 6.07) is 80.4. The Bertz CT molecular complexity index is 3360. The number of fused-ring (bicyclic) bond motifs is 3. The number of rotatable bonds is 9. The Morgan fingerprint density at radius 3 is 1.49 bits per heavy atom. The second-order valence-electron chi connectivity index (χ2n) is 16.9. The van der Waals surface area contributed by atoms with Gasteiger partial charge in [0.15, 0.2) is 5.82 Å². The molecular formula is C61H46N4. The van der Waals surface area contributed by atoms with E-state index in [2.05, 4.69) is 218 Å². The molecule has 11 rings (SSSR count). The topological polar surface area (TPSA) is 34.0 Å². The molecule has 310 valence electrons. The standard InChI is InChI=1S/C61H46N4/c1-41-18-29-50(30-19-41)64(51-31-20-42(2)21-32-51)53-35-37-60-56(39-53)55-16-10-11-17-59(55)65(60)52-33-26-44(27-34-52)49-28-36-54(43(3)38-49)45-22-24-47(25-23-45)58-40-57(46-12-6-4-7-13-46)62-61(63-58)48-14-8-5-9-15-48/h4-40H,1-3H3. The Morgan fingerprint density at radius 2 is 0.862 bits per heavy atom. The van der Waals surface area contributed by atoms with Crippen molar-refractivity contribution < 1.29 is 0 Å². The Kier molecular flexibility index (Phi) is 10.2. The summed E-state index contributed by atoms with van der Waals surface area (Å²) in [4.78, 5) is 12.4. The fraction of sp³-hybridized carbons (Fsp3) is 0.0492. The minimum absolute atomic E-state index is 0.717. The molecule has 0 fully saturated rings. The Balaban J connectivity index is 0.888. The van der Waals surface area contributed by atoms with Gasteiger partial charge in [-0.25, -0.2) is 9.97 Å². The summed E-state index contributed by atoms with van der Waals surface area (Å²) in [6.45, 7) is 6.47. The van der Waals surface area contributed by atoms with E-state index in [0.29, 0.717) is 5.82 Å². The second kappa shape index (κ2) is 16.7. The number of benzene rings is 9. The Labute approximate surface area is 380 Å². The zero-order valence-electron chi connectivity index (χ0n) is 36.7. The Hall–Kier alpha value is -8.34. The summed E-state index contributed by atoms with van der Waals surface area (Å²) >= 11 is 0. The molecule has 9 aromatic carbocycles. The van der Waals surface area contributed by atoms with Crippen molar-refractivity contribution in [1.29, 1.82) is 0 Å². The zero-order valence-corrected chi connectivity index (χ0v) is 36.7. The van der Waals surface area contributed by atoms with E-state index in [9.17, 15) is 0 Å². The van der Waals surface area contributed by atoms with E-state index < -0.39 is 0 Å². The van der Waals surface area contributed by atoms with Crippen LogP contribution < -0.4 is 4.90 Å². The molecule has 0 atom stereocenters. The van der Waals surface area contributed by atoms with Crippen LogP contribution in [0.1, 0.15) is 16.7 Å². The highest BCUT2D eigenvalue weighted by molar-refractivity contribution is 6.10. The summed E-state index contributed by atoms with van der Waals surface area (Å²) in [5, 5.41) is 2.45. The predicted molar refractivity (Wildman–Crippen MR) is 272 cm³/mol. The lowest BCUT2D eigenvalue weighted by molar-refractivity contribution is 1.18. The van der Waals surface area contributed by atoms with Crippen LogP contribution in [0.3, 0.4) is 0 Å². The van der Waals surface area contributed by atoms with Crippen molar-refractivity contribution in [1.82, 2.24) is 14.5 Å². The van der Waals surface area contributed by atoms with Crippen molar-refractivity contribution in [2.45, 2.75) is 20.8 Å². The molecule has 65 heavy (non-hydrogen) atoms. The van der Waals surface area contributed by atoms with E-state index in [1.54, 1.807) is 0 Å². The summed E-state index contributed by atoms with van der Waals surface area (Å²) in [5.41, 5.74) is 20.3. The molecule has 2 aromatic heterocycles. The molecule has 11 aromatic rings. The Morgan fingerprint density at radius 1 is 0.354 bits per heavy atom. The van der Waals surface area contributed by atoms with E-state index in [-0.39, 0.29) is 0 Å². The molecule has 0 aliphatic heterocycles. The fourth-order valence-corrected chi connectivity index (χ4v) is 9.07. The van der Waals surface area contributed by atoms with E-state index >= 15 is 0 Å². The number of hydrogen-bond donors (Lipinski definition) is 0. The quantitative estimate of drug-likeness (QED) is 0.145. The highest BCUT2D eigenvalue weighted by Crippen LogP contribution is 2.40. The predicted octanol–water partition coefficient (Wildman–Crippen LogP) is 16.3. The molecule has 0 saturated carbocycles. The van der Waals surface area contributed by atoms with Gasteiger partial charge in [-0.15, -0.1) is 0 Å². The van der Waals surface area contributed by atoms with E-state index in [1.165, 1.54) is 60.8 Å². The molecule has 0 N–H and O–H groups in total. The van der Waals surface area contributed by atoms with Crippen LogP contribution in [-0.4, -0.2) is 14.5 Å². The van der Waals surface area contributed by atoms with Gasteiger partial charge >= 0.3 is 0 Å². The third-order valence-electron chi connectivity index (χ3n) is 12.5. The van der Waals surface area contributed by atoms with Gasteiger partial charge in [0.2, 0.25) is 0 Å². The lowest BCUT2D eigenvalue weighted by Gasteiger charge is -2.26. The van der Waals surface area contributed by atoms with Gasteiger partial charge < -0.3 is 9.47 Å². The van der Waals surface area contributed by atoms with Crippen LogP contribution in [0, 0.1) is 20.8 Å².